The molecule has 0 radical (unpaired) electrons. The Morgan fingerprint density at radius 1 is 0.700 bits per heavy atom. The van der Waals surface area contributed by atoms with Crippen molar-refractivity contribution >= 4 is 0 Å². The van der Waals surface area contributed by atoms with Gasteiger partial charge >= 0.3 is 0 Å². The van der Waals surface area contributed by atoms with Gasteiger partial charge in [0.2, 0.25) is 0 Å². The van der Waals surface area contributed by atoms with Crippen LogP contribution < -0.4 is 5.73 Å². The summed E-state index contributed by atoms with van der Waals surface area (Å²) in [5.41, 5.74) is 8.22. The molecule has 0 aromatic carbocycles. The Labute approximate surface area is 194 Å². The van der Waals surface area contributed by atoms with Crippen LogP contribution in [0.15, 0.2) is 23.5 Å². The summed E-state index contributed by atoms with van der Waals surface area (Å²) in [7, 11) is 0. The molecule has 186 valence electrons. The molecule has 2 N–H and O–H groups in total. The van der Waals surface area contributed by atoms with E-state index in [4.69, 9.17) is 5.73 Å². The fourth-order valence-electron chi connectivity index (χ4n) is 2.95. The first-order valence-corrected chi connectivity index (χ1v) is 13.5. The highest BCUT2D eigenvalue weighted by Gasteiger charge is 2.10. The molecule has 0 aromatic rings. The predicted molar refractivity (Wildman–Crippen MR) is 146 cm³/mol. The monoisotopic (exact) mass is 429 g/mol. The average molecular weight is 429 g/mol. The quantitative estimate of drug-likeness (QED) is 0.395. The van der Waals surface area contributed by atoms with Crippen molar-refractivity contribution < 1.29 is 0 Å². The maximum Gasteiger partial charge on any atom is 0.0172 e. The van der Waals surface area contributed by atoms with Crippen LogP contribution in [0.3, 0.4) is 0 Å². The van der Waals surface area contributed by atoms with Gasteiger partial charge in [0.15, 0.2) is 0 Å². The van der Waals surface area contributed by atoms with Crippen LogP contribution in [0.5, 0.6) is 0 Å². The second-order valence-electron chi connectivity index (χ2n) is 6.36. The van der Waals surface area contributed by atoms with E-state index in [1.54, 1.807) is 0 Å². The molecule has 2 heteroatoms. The molecular formula is C28H64N2. The van der Waals surface area contributed by atoms with E-state index in [0.29, 0.717) is 0 Å². The first kappa shape index (κ1) is 39.5. The van der Waals surface area contributed by atoms with E-state index >= 15 is 0 Å². The molecule has 30 heavy (non-hydrogen) atoms. The maximum absolute atomic E-state index is 5.74. The van der Waals surface area contributed by atoms with Crippen molar-refractivity contribution in [2.75, 3.05) is 13.1 Å². The molecule has 1 aliphatic rings. The fraction of sp³-hybridized carbons (Fsp3) is 0.857. The van der Waals surface area contributed by atoms with Crippen LogP contribution in [-0.4, -0.2) is 18.0 Å². The number of hydrogen-bond donors (Lipinski definition) is 1. The normalized spacial score (nSPS) is 11.1. The Kier molecular flexibility index (Phi) is 51.0. The standard InChI is InChI=1S/C12H22N2.C8H18.4C2H6/c1-3-9-14(10-4-2)12-7-5-11(13)6-8-12;1-4-7-8(5-2)6-3;4*1-2/h5,7H,3-4,6,8-10,13H2,1-2H3;8H,4-7H2,1-3H3;4*1-2H3. The first-order valence-electron chi connectivity index (χ1n) is 13.5. The van der Waals surface area contributed by atoms with Crippen molar-refractivity contribution in [1.29, 1.82) is 0 Å². The number of rotatable bonds is 9. The number of nitrogens with zero attached hydrogens (tertiary/aromatic N) is 1. The van der Waals surface area contributed by atoms with Gasteiger partial charge in [0.05, 0.1) is 0 Å². The third kappa shape index (κ3) is 27.1. The molecule has 1 aliphatic carbocycles. The Balaban J connectivity index is -0.000000111. The summed E-state index contributed by atoms with van der Waals surface area (Å²) in [5, 5.41) is 0. The maximum atomic E-state index is 5.74. The van der Waals surface area contributed by atoms with Crippen LogP contribution in [0, 0.1) is 5.92 Å². The lowest BCUT2D eigenvalue weighted by atomic mass is 9.98. The van der Waals surface area contributed by atoms with Crippen LogP contribution in [-0.2, 0) is 0 Å². The summed E-state index contributed by atoms with van der Waals surface area (Å²) in [4.78, 5) is 2.49. The zero-order chi connectivity index (χ0) is 24.8. The second-order valence-corrected chi connectivity index (χ2v) is 6.36. The molecule has 0 amide bonds. The van der Waals surface area contributed by atoms with Crippen molar-refractivity contribution in [2.45, 2.75) is 141 Å². The van der Waals surface area contributed by atoms with Crippen LogP contribution >= 0.6 is 0 Å². The molecule has 0 unspecified atom stereocenters. The minimum atomic E-state index is 1.000. The molecule has 2 nitrogen and oxygen atoms in total. The molecule has 0 saturated carbocycles. The van der Waals surface area contributed by atoms with E-state index in [1.165, 1.54) is 57.3 Å². The highest BCUT2D eigenvalue weighted by atomic mass is 15.1. The van der Waals surface area contributed by atoms with Crippen LogP contribution in [0.25, 0.3) is 0 Å². The summed E-state index contributed by atoms with van der Waals surface area (Å²) in [6.45, 7) is 29.6. The molecule has 0 bridgehead atoms. The Hall–Kier alpha value is -0.920. The highest BCUT2D eigenvalue weighted by Crippen LogP contribution is 2.19. The van der Waals surface area contributed by atoms with Gasteiger partial charge in [0.1, 0.15) is 0 Å². The smallest absolute Gasteiger partial charge is 0.0172 e. The van der Waals surface area contributed by atoms with E-state index < -0.39 is 0 Å². The molecule has 0 spiro atoms. The van der Waals surface area contributed by atoms with E-state index in [1.807, 2.05) is 55.4 Å². The summed E-state index contributed by atoms with van der Waals surface area (Å²) < 4.78 is 0. The lowest BCUT2D eigenvalue weighted by Gasteiger charge is -2.28. The number of hydrogen-bond acceptors (Lipinski definition) is 2. The van der Waals surface area contributed by atoms with Gasteiger partial charge in [0.25, 0.3) is 0 Å². The molecule has 0 atom stereocenters. The van der Waals surface area contributed by atoms with Gasteiger partial charge in [-0.3, -0.25) is 0 Å². The van der Waals surface area contributed by atoms with Crippen molar-refractivity contribution in [2.24, 2.45) is 11.7 Å². The molecule has 0 heterocycles. The van der Waals surface area contributed by atoms with Crippen molar-refractivity contribution in [3.63, 3.8) is 0 Å². The largest absolute Gasteiger partial charge is 0.402 e. The molecular weight excluding hydrogens is 364 g/mol. The summed E-state index contributed by atoms with van der Waals surface area (Å²) in [6, 6.07) is 0. The van der Waals surface area contributed by atoms with E-state index in [2.05, 4.69) is 51.7 Å². The summed E-state index contributed by atoms with van der Waals surface area (Å²) in [6.07, 6.45) is 14.3. The molecule has 0 aliphatic heterocycles. The average Bonchev–Trinajstić information content (AvgIpc) is 2.83. The van der Waals surface area contributed by atoms with E-state index in [0.717, 1.165) is 24.5 Å². The zero-order valence-electron chi connectivity index (χ0n) is 23.8. The minimum absolute atomic E-state index is 1.000. The highest BCUT2D eigenvalue weighted by molar-refractivity contribution is 5.21. The van der Waals surface area contributed by atoms with Gasteiger partial charge in [-0.25, -0.2) is 0 Å². The van der Waals surface area contributed by atoms with Gasteiger partial charge in [-0.15, -0.1) is 0 Å². The SMILES string of the molecule is CC.CC.CC.CC.CCCC(CC)CC.CCCN(CCC)C1=CC=C(N)CC1. The van der Waals surface area contributed by atoms with Gasteiger partial charge < -0.3 is 10.6 Å². The number of allylic oxidation sites excluding steroid dienone is 4. The first-order chi connectivity index (χ1) is 14.6. The third-order valence-electron chi connectivity index (χ3n) is 4.40. The molecule has 0 saturated heterocycles. The van der Waals surface area contributed by atoms with Crippen LogP contribution in [0.1, 0.15) is 141 Å². The lowest BCUT2D eigenvalue weighted by Crippen LogP contribution is -2.26. The van der Waals surface area contributed by atoms with Crippen LogP contribution in [0.4, 0.5) is 0 Å². The van der Waals surface area contributed by atoms with Crippen molar-refractivity contribution in [3.05, 3.63) is 23.5 Å². The lowest BCUT2D eigenvalue weighted by molar-refractivity contribution is 0.331. The van der Waals surface area contributed by atoms with E-state index in [-0.39, 0.29) is 0 Å². The molecule has 0 fully saturated rings. The van der Waals surface area contributed by atoms with Crippen molar-refractivity contribution in [1.82, 2.24) is 4.90 Å². The van der Waals surface area contributed by atoms with E-state index in [9.17, 15) is 0 Å². The zero-order valence-corrected chi connectivity index (χ0v) is 23.8. The van der Waals surface area contributed by atoms with Gasteiger partial charge in [-0.2, -0.15) is 0 Å². The predicted octanol–water partition coefficient (Wildman–Crippen LogP) is 9.96. The topological polar surface area (TPSA) is 29.3 Å². The van der Waals surface area contributed by atoms with Crippen LogP contribution in [0.2, 0.25) is 0 Å². The Bertz CT molecular complexity index is 309. The molecule has 1 rings (SSSR count). The summed E-state index contributed by atoms with van der Waals surface area (Å²) >= 11 is 0. The van der Waals surface area contributed by atoms with Gasteiger partial charge in [0, 0.05) is 24.5 Å². The molecule has 0 aromatic heterocycles. The fourth-order valence-corrected chi connectivity index (χ4v) is 2.95. The minimum Gasteiger partial charge on any atom is -0.402 e. The van der Waals surface area contributed by atoms with Crippen molar-refractivity contribution in [3.8, 4) is 0 Å². The third-order valence-corrected chi connectivity index (χ3v) is 4.40. The Morgan fingerprint density at radius 2 is 1.13 bits per heavy atom. The van der Waals surface area contributed by atoms with Gasteiger partial charge in [-0.1, -0.05) is 116 Å². The number of nitrogens with two attached hydrogens (primary N) is 1. The Morgan fingerprint density at radius 3 is 1.37 bits per heavy atom. The van der Waals surface area contributed by atoms with Gasteiger partial charge in [-0.05, 0) is 43.8 Å². The summed E-state index contributed by atoms with van der Waals surface area (Å²) in [5.74, 6) is 1.000. The second kappa shape index (κ2) is 38.7.